The van der Waals surface area contributed by atoms with E-state index in [0.717, 1.165) is 68.6 Å². The van der Waals surface area contributed by atoms with Gasteiger partial charge in [0.05, 0.1) is 18.7 Å². The van der Waals surface area contributed by atoms with E-state index < -0.39 is 41.1 Å². The molecule has 3 saturated carbocycles. The first-order valence-electron chi connectivity index (χ1n) is 28.9. The van der Waals surface area contributed by atoms with Gasteiger partial charge in [0.15, 0.2) is 11.6 Å². The van der Waals surface area contributed by atoms with Gasteiger partial charge in [0, 0.05) is 25.0 Å². The number of carbonyl (C=O) groups excluding carboxylic acids is 3. The smallest absolute Gasteiger partial charge is 0.407 e. The Kier molecular flexibility index (Phi) is 22.9. The lowest BCUT2D eigenvalue weighted by Crippen LogP contribution is -2.51. The summed E-state index contributed by atoms with van der Waals surface area (Å²) >= 11 is 0. The number of fused-ring (bicyclic) bond motifs is 5. The average Bonchev–Trinajstić information content (AvgIpc) is 3.73. The van der Waals surface area contributed by atoms with Crippen LogP contribution in [-0.4, -0.2) is 50.4 Å². The zero-order valence-electron chi connectivity index (χ0n) is 45.8. The number of esters is 1. The molecular formula is C61H90F4N2O7. The van der Waals surface area contributed by atoms with E-state index in [1.54, 1.807) is 0 Å². The number of unbranched alkanes of at least 4 members (excludes halogenated alkanes) is 12. The lowest BCUT2D eigenvalue weighted by atomic mass is 9.47. The summed E-state index contributed by atoms with van der Waals surface area (Å²) in [7, 11) is 0. The third-order valence-electron chi connectivity index (χ3n) is 17.8. The molecule has 13 heteroatoms. The average molecular weight is 1040 g/mol. The number of hydrogen-bond acceptors (Lipinski definition) is 7. The Balaban J connectivity index is 0.950. The molecule has 0 aromatic heterocycles. The van der Waals surface area contributed by atoms with Crippen LogP contribution in [0.15, 0.2) is 35.9 Å². The van der Waals surface area contributed by atoms with Crippen molar-refractivity contribution < 1.29 is 50.9 Å². The van der Waals surface area contributed by atoms with Gasteiger partial charge in [0.25, 0.3) is 0 Å². The van der Waals surface area contributed by atoms with Crippen molar-refractivity contribution in [1.82, 2.24) is 10.6 Å². The first-order valence-corrected chi connectivity index (χ1v) is 28.9. The molecule has 2 aromatic rings. The SMILES string of the molecule is CCCCCCCCCCCCCCCC(=O)NCCOc1cc(OCCNC(=O)O[C@H]2CC[C@@]3(C)C(=CC[C@@H]4C3CC[C@]3(C)[C@@H]([C@H](C)CCCC(C)C)CC[C@@H]43)C2)cc(C(=O)Oc2c(F)c(F)cc(F)c2F)c1. The van der Waals surface area contributed by atoms with Gasteiger partial charge in [0.2, 0.25) is 23.3 Å². The van der Waals surface area contributed by atoms with E-state index in [0.29, 0.717) is 23.7 Å². The molecule has 2 amide bonds. The highest BCUT2D eigenvalue weighted by Crippen LogP contribution is 2.67. The second-order valence-corrected chi connectivity index (χ2v) is 23.4. The van der Waals surface area contributed by atoms with Crippen molar-refractivity contribution in [1.29, 1.82) is 0 Å². The molecule has 2 N–H and O–H groups in total. The Morgan fingerprint density at radius 3 is 1.92 bits per heavy atom. The molecule has 1 unspecified atom stereocenters. The van der Waals surface area contributed by atoms with E-state index in [9.17, 15) is 31.9 Å². The fourth-order valence-corrected chi connectivity index (χ4v) is 13.7. The first kappa shape index (κ1) is 59.0. The van der Waals surface area contributed by atoms with Crippen molar-refractivity contribution in [2.75, 3.05) is 26.3 Å². The van der Waals surface area contributed by atoms with Crippen molar-refractivity contribution in [3.63, 3.8) is 0 Å². The Morgan fingerprint density at radius 1 is 0.689 bits per heavy atom. The molecular weight excluding hydrogens is 949 g/mol. The van der Waals surface area contributed by atoms with Crippen molar-refractivity contribution in [2.24, 2.45) is 46.3 Å². The molecule has 4 aliphatic rings. The predicted octanol–water partition coefficient (Wildman–Crippen LogP) is 16.0. The maximum Gasteiger partial charge on any atom is 0.407 e. The molecule has 2 aromatic carbocycles. The van der Waals surface area contributed by atoms with Crippen LogP contribution in [0.4, 0.5) is 22.4 Å². The van der Waals surface area contributed by atoms with Gasteiger partial charge >= 0.3 is 12.1 Å². The van der Waals surface area contributed by atoms with Gasteiger partial charge in [-0.15, -0.1) is 0 Å². The fourth-order valence-electron chi connectivity index (χ4n) is 13.7. The highest BCUT2D eigenvalue weighted by molar-refractivity contribution is 5.92. The molecule has 414 valence electrons. The summed E-state index contributed by atoms with van der Waals surface area (Å²) in [4.78, 5) is 38.9. The van der Waals surface area contributed by atoms with Gasteiger partial charge in [0.1, 0.15) is 30.8 Å². The van der Waals surface area contributed by atoms with Crippen LogP contribution in [0.2, 0.25) is 0 Å². The van der Waals surface area contributed by atoms with Crippen molar-refractivity contribution in [3.8, 4) is 17.2 Å². The van der Waals surface area contributed by atoms with Gasteiger partial charge < -0.3 is 29.6 Å². The number of rotatable bonds is 30. The van der Waals surface area contributed by atoms with E-state index in [2.05, 4.69) is 58.3 Å². The largest absolute Gasteiger partial charge is 0.492 e. The monoisotopic (exact) mass is 1040 g/mol. The van der Waals surface area contributed by atoms with E-state index in [1.165, 1.54) is 133 Å². The Labute approximate surface area is 440 Å². The van der Waals surface area contributed by atoms with E-state index in [-0.39, 0.29) is 66.9 Å². The van der Waals surface area contributed by atoms with Crippen molar-refractivity contribution in [3.05, 3.63) is 64.7 Å². The lowest BCUT2D eigenvalue weighted by molar-refractivity contribution is -0.121. The van der Waals surface area contributed by atoms with Crippen LogP contribution in [-0.2, 0) is 9.53 Å². The number of halogens is 4. The fraction of sp³-hybridized carbons (Fsp3) is 0.721. The molecule has 8 atom stereocenters. The highest BCUT2D eigenvalue weighted by Gasteiger charge is 2.59. The van der Waals surface area contributed by atoms with Crippen LogP contribution in [0.1, 0.15) is 212 Å². The molecule has 0 bridgehead atoms. The minimum absolute atomic E-state index is 0.00496. The number of nitrogens with one attached hydrogen (secondary N) is 2. The second-order valence-electron chi connectivity index (χ2n) is 23.4. The summed E-state index contributed by atoms with van der Waals surface area (Å²) in [5, 5.41) is 5.60. The van der Waals surface area contributed by atoms with E-state index in [4.69, 9.17) is 18.9 Å². The van der Waals surface area contributed by atoms with Crippen LogP contribution in [0.3, 0.4) is 0 Å². The summed E-state index contributed by atoms with van der Waals surface area (Å²) in [6.45, 7) is 14.7. The maximum absolute atomic E-state index is 14.5. The topological polar surface area (TPSA) is 112 Å². The van der Waals surface area contributed by atoms with Crippen LogP contribution >= 0.6 is 0 Å². The van der Waals surface area contributed by atoms with E-state index >= 15 is 0 Å². The molecule has 0 aliphatic heterocycles. The van der Waals surface area contributed by atoms with Gasteiger partial charge in [-0.05, 0) is 110 Å². The third kappa shape index (κ3) is 16.1. The van der Waals surface area contributed by atoms with Gasteiger partial charge in [-0.2, -0.15) is 8.78 Å². The summed E-state index contributed by atoms with van der Waals surface area (Å²) < 4.78 is 79.4. The minimum Gasteiger partial charge on any atom is -0.492 e. The summed E-state index contributed by atoms with van der Waals surface area (Å²) in [5.74, 6) is -5.53. The van der Waals surface area contributed by atoms with Crippen molar-refractivity contribution >= 4 is 18.0 Å². The van der Waals surface area contributed by atoms with Crippen LogP contribution < -0.4 is 24.8 Å². The zero-order chi connectivity index (χ0) is 53.3. The number of hydrogen-bond donors (Lipinski definition) is 2. The standard InChI is InChI=1S/C61H90F4N2O7/c1-7-8-9-10-11-12-13-14-15-16-17-18-19-23-54(68)66-32-34-71-46-36-43(58(69)74-57-55(64)52(62)40-53(63)56(57)65)37-47(39-46)72-35-33-67-59(70)73-45-28-30-60(5)44(38-45)24-25-48-50-27-26-49(42(4)22-20-21-41(2)3)61(50,6)31-29-51(48)60/h24,36-37,39-42,45,48-51H,7-23,25-35,38H2,1-6H3,(H,66,68)(H,67,70)/t42-,45+,48+,49-,50+,51?,60+,61-/m1/s1. The number of carbonyl (C=O) groups is 3. The Morgan fingerprint density at radius 2 is 1.30 bits per heavy atom. The molecule has 0 saturated heterocycles. The van der Waals surface area contributed by atoms with Crippen molar-refractivity contribution in [2.45, 2.75) is 208 Å². The molecule has 0 radical (unpaired) electrons. The molecule has 4 aliphatic carbocycles. The highest BCUT2D eigenvalue weighted by atomic mass is 19.2. The number of ether oxygens (including phenoxy) is 4. The molecule has 74 heavy (non-hydrogen) atoms. The zero-order valence-corrected chi connectivity index (χ0v) is 45.8. The maximum atomic E-state index is 14.5. The van der Waals surface area contributed by atoms with Gasteiger partial charge in [-0.3, -0.25) is 4.79 Å². The van der Waals surface area contributed by atoms with Crippen LogP contribution in [0, 0.1) is 69.6 Å². The quantitative estimate of drug-likeness (QED) is 0.0200. The number of alkyl carbamates (subject to hydrolysis) is 1. The molecule has 0 spiro atoms. The van der Waals surface area contributed by atoms with Gasteiger partial charge in [-0.25, -0.2) is 18.4 Å². The van der Waals surface area contributed by atoms with Crippen LogP contribution in [0.25, 0.3) is 0 Å². The number of amides is 2. The van der Waals surface area contributed by atoms with E-state index in [1.807, 2.05) is 0 Å². The first-order chi connectivity index (χ1) is 35.5. The normalized spacial score (nSPS) is 24.5. The summed E-state index contributed by atoms with van der Waals surface area (Å²) in [6, 6.07) is 3.91. The molecule has 6 rings (SSSR count). The summed E-state index contributed by atoms with van der Waals surface area (Å²) in [5.41, 5.74) is 1.67. The molecule has 9 nitrogen and oxygen atoms in total. The number of allylic oxidation sites excluding steroid dienone is 1. The Hall–Kier alpha value is -4.29. The molecule has 0 heterocycles. The predicted molar refractivity (Wildman–Crippen MR) is 283 cm³/mol. The van der Waals surface area contributed by atoms with Gasteiger partial charge in [-0.1, -0.05) is 150 Å². The van der Waals surface area contributed by atoms with Crippen LogP contribution in [0.5, 0.6) is 17.2 Å². The molecule has 3 fully saturated rings. The Bertz CT molecular complexity index is 2140. The number of benzene rings is 2. The summed E-state index contributed by atoms with van der Waals surface area (Å²) in [6.07, 6.45) is 30.8. The third-order valence-corrected chi connectivity index (χ3v) is 17.8. The lowest BCUT2D eigenvalue weighted by Gasteiger charge is -2.58. The second kappa shape index (κ2) is 28.7. The minimum atomic E-state index is -1.87.